The molecule has 3 N–H and O–H groups in total. The molecule has 3 unspecified atom stereocenters. The number of likely N-dealkylation sites (N-methyl/N-ethyl adjacent to an activating group) is 1. The summed E-state index contributed by atoms with van der Waals surface area (Å²) in [5, 5.41) is 13.8. The van der Waals surface area contributed by atoms with Gasteiger partial charge >= 0.3 is 7.82 Å². The van der Waals surface area contributed by atoms with Crippen molar-refractivity contribution in [1.82, 2.24) is 5.32 Å². The number of phosphoric acid groups is 1. The van der Waals surface area contributed by atoms with Gasteiger partial charge in [0.1, 0.15) is 13.2 Å². The third kappa shape index (κ3) is 45.5. The van der Waals surface area contributed by atoms with Crippen molar-refractivity contribution in [2.45, 2.75) is 199 Å². The second-order valence-corrected chi connectivity index (χ2v) is 18.9. The zero-order valence-corrected chi connectivity index (χ0v) is 40.8. The van der Waals surface area contributed by atoms with Crippen LogP contribution in [0.25, 0.3) is 0 Å². The summed E-state index contributed by atoms with van der Waals surface area (Å²) in [5.41, 5.74) is 0. The maximum absolute atomic E-state index is 12.9. The van der Waals surface area contributed by atoms with E-state index >= 15 is 0 Å². The van der Waals surface area contributed by atoms with Gasteiger partial charge in [0.05, 0.1) is 39.9 Å². The number of hydrogen-bond donors (Lipinski definition) is 3. The van der Waals surface area contributed by atoms with E-state index in [-0.39, 0.29) is 19.1 Å². The van der Waals surface area contributed by atoms with E-state index in [4.69, 9.17) is 9.05 Å². The number of carbonyl (C=O) groups is 1. The van der Waals surface area contributed by atoms with Crippen LogP contribution in [0.4, 0.5) is 0 Å². The van der Waals surface area contributed by atoms with Gasteiger partial charge in [-0.25, -0.2) is 4.57 Å². The minimum atomic E-state index is -4.35. The van der Waals surface area contributed by atoms with Crippen LogP contribution in [0.1, 0.15) is 187 Å². The molecule has 8 nitrogen and oxygen atoms in total. The molecular weight excluding hydrogens is 780 g/mol. The lowest BCUT2D eigenvalue weighted by Gasteiger charge is -2.25. The molecule has 0 saturated carbocycles. The molecule has 0 aliphatic rings. The number of phosphoric ester groups is 1. The molecule has 0 saturated heterocycles. The number of aliphatic hydroxyl groups excluding tert-OH is 1. The van der Waals surface area contributed by atoms with Crippen molar-refractivity contribution in [1.29, 1.82) is 0 Å². The average molecular weight is 874 g/mol. The number of rotatable bonds is 43. The maximum atomic E-state index is 12.9. The van der Waals surface area contributed by atoms with Gasteiger partial charge in [-0.05, 0) is 77.0 Å². The SMILES string of the molecule is CC/C=C\C/C=C\C/C=C\C/C=C\C/C=C\CCCCCCCCCCCC(=O)NC(COP(=O)(O)OCC[N+](C)(C)C)C(O)/C=C/CC/C=C/CCCCCCCCCC. The fourth-order valence-electron chi connectivity index (χ4n) is 6.49. The molecule has 0 heterocycles. The Morgan fingerprint density at radius 3 is 1.51 bits per heavy atom. The van der Waals surface area contributed by atoms with Gasteiger partial charge < -0.3 is 19.8 Å². The molecule has 352 valence electrons. The summed E-state index contributed by atoms with van der Waals surface area (Å²) in [4.78, 5) is 23.2. The number of aliphatic hydroxyl groups is 1. The van der Waals surface area contributed by atoms with Crippen molar-refractivity contribution in [3.63, 3.8) is 0 Å². The summed E-state index contributed by atoms with van der Waals surface area (Å²) in [6, 6.07) is -0.871. The number of amides is 1. The van der Waals surface area contributed by atoms with Crippen molar-refractivity contribution in [2.24, 2.45) is 0 Å². The van der Waals surface area contributed by atoms with Crippen LogP contribution >= 0.6 is 7.82 Å². The van der Waals surface area contributed by atoms with E-state index < -0.39 is 20.0 Å². The van der Waals surface area contributed by atoms with Crippen LogP contribution in [-0.4, -0.2) is 73.4 Å². The summed E-state index contributed by atoms with van der Waals surface area (Å²) in [6.45, 7) is 4.65. The molecule has 0 aromatic rings. The summed E-state index contributed by atoms with van der Waals surface area (Å²) in [7, 11) is 1.54. The van der Waals surface area contributed by atoms with Gasteiger partial charge in [-0.1, -0.05) is 189 Å². The van der Waals surface area contributed by atoms with E-state index in [0.29, 0.717) is 17.4 Å². The highest BCUT2D eigenvalue weighted by Gasteiger charge is 2.27. The van der Waals surface area contributed by atoms with Crippen LogP contribution < -0.4 is 5.32 Å². The smallest absolute Gasteiger partial charge is 0.387 e. The van der Waals surface area contributed by atoms with Gasteiger partial charge in [0.15, 0.2) is 0 Å². The molecule has 3 atom stereocenters. The third-order valence-corrected chi connectivity index (χ3v) is 11.3. The molecule has 0 aliphatic carbocycles. The average Bonchev–Trinajstić information content (AvgIpc) is 3.21. The van der Waals surface area contributed by atoms with Crippen LogP contribution in [0.3, 0.4) is 0 Å². The van der Waals surface area contributed by atoms with Gasteiger partial charge in [-0.3, -0.25) is 13.8 Å². The predicted molar refractivity (Wildman–Crippen MR) is 263 cm³/mol. The number of unbranched alkanes of at least 4 members (excludes halogenated alkanes) is 18. The highest BCUT2D eigenvalue weighted by Crippen LogP contribution is 2.43. The number of allylic oxidation sites excluding steroid dienone is 13. The number of nitrogens with zero attached hydrogens (tertiary/aromatic N) is 1. The van der Waals surface area contributed by atoms with Crippen LogP contribution in [0.2, 0.25) is 0 Å². The highest BCUT2D eigenvalue weighted by atomic mass is 31.2. The Kier molecular flexibility index (Phi) is 41.3. The number of quaternary nitrogens is 1. The van der Waals surface area contributed by atoms with Crippen molar-refractivity contribution >= 4 is 13.7 Å². The molecule has 0 aromatic carbocycles. The molecule has 0 aromatic heterocycles. The molecule has 0 aliphatic heterocycles. The fraction of sp³-hybridized carbons (Fsp3) is 0.712. The zero-order chi connectivity index (χ0) is 45.0. The monoisotopic (exact) mass is 874 g/mol. The molecule has 0 bridgehead atoms. The van der Waals surface area contributed by atoms with E-state index in [1.54, 1.807) is 6.08 Å². The molecule has 61 heavy (non-hydrogen) atoms. The standard InChI is InChI=1S/C52H93N2O6P/c1-6-8-10-12-14-16-18-20-22-23-24-25-26-27-28-29-30-31-32-34-36-38-40-42-44-46-52(56)53-50(49-60-61(57,58)59-48-47-54(3,4)5)51(55)45-43-41-39-37-35-33-21-19-17-15-13-11-9-7-2/h8,10,14,16,20,22,24-25,27-28,35,37,43,45,50-51,55H,6-7,9,11-13,15,17-19,21,23,26,29-34,36,38-42,44,46-49H2,1-5H3,(H-,53,56,57,58)/p+1/b10-8-,16-14-,22-20-,25-24-,28-27-,37-35+,45-43+. The lowest BCUT2D eigenvalue weighted by atomic mass is 10.1. The maximum Gasteiger partial charge on any atom is 0.472 e. The largest absolute Gasteiger partial charge is 0.472 e. The molecule has 0 rings (SSSR count). The third-order valence-electron chi connectivity index (χ3n) is 10.3. The van der Waals surface area contributed by atoms with E-state index in [0.717, 1.165) is 77.0 Å². The van der Waals surface area contributed by atoms with Crippen LogP contribution in [0, 0.1) is 0 Å². The molecule has 0 radical (unpaired) electrons. The van der Waals surface area contributed by atoms with Crippen molar-refractivity contribution in [3.8, 4) is 0 Å². The first-order valence-electron chi connectivity index (χ1n) is 24.5. The first kappa shape index (κ1) is 58.7. The molecular formula is C52H94N2O6P+. The molecule has 1 amide bonds. The second kappa shape index (κ2) is 43.0. The number of hydrogen-bond acceptors (Lipinski definition) is 5. The zero-order valence-electron chi connectivity index (χ0n) is 39.9. The number of carbonyl (C=O) groups excluding carboxylic acids is 1. The summed E-state index contributed by atoms with van der Waals surface area (Å²) >= 11 is 0. The van der Waals surface area contributed by atoms with Crippen molar-refractivity contribution in [2.75, 3.05) is 40.9 Å². The first-order chi connectivity index (χ1) is 29.5. The number of nitrogens with one attached hydrogen (secondary N) is 1. The quantitative estimate of drug-likeness (QED) is 0.0244. The van der Waals surface area contributed by atoms with Crippen LogP contribution in [-0.2, 0) is 18.4 Å². The highest BCUT2D eigenvalue weighted by molar-refractivity contribution is 7.47. The Balaban J connectivity index is 4.34. The van der Waals surface area contributed by atoms with Gasteiger partial charge in [-0.15, -0.1) is 0 Å². The normalized spacial score (nSPS) is 14.9. The lowest BCUT2D eigenvalue weighted by Crippen LogP contribution is -2.45. The Morgan fingerprint density at radius 2 is 1.00 bits per heavy atom. The lowest BCUT2D eigenvalue weighted by molar-refractivity contribution is -0.870. The van der Waals surface area contributed by atoms with Crippen molar-refractivity contribution < 1.29 is 32.9 Å². The second-order valence-electron chi connectivity index (χ2n) is 17.4. The predicted octanol–water partition coefficient (Wildman–Crippen LogP) is 14.1. The van der Waals surface area contributed by atoms with E-state index in [2.05, 4.69) is 92.1 Å². The van der Waals surface area contributed by atoms with E-state index in [9.17, 15) is 19.4 Å². The van der Waals surface area contributed by atoms with Gasteiger partial charge in [0, 0.05) is 6.42 Å². The molecule has 0 fully saturated rings. The Labute approximate surface area is 376 Å². The summed E-state index contributed by atoms with van der Waals surface area (Å²) in [6.07, 6.45) is 59.4. The van der Waals surface area contributed by atoms with Gasteiger partial charge in [-0.2, -0.15) is 0 Å². The van der Waals surface area contributed by atoms with Gasteiger partial charge in [0.25, 0.3) is 0 Å². The van der Waals surface area contributed by atoms with E-state index in [1.165, 1.54) is 89.9 Å². The van der Waals surface area contributed by atoms with Crippen LogP contribution in [0.5, 0.6) is 0 Å². The Bertz CT molecular complexity index is 1260. The van der Waals surface area contributed by atoms with Crippen molar-refractivity contribution in [3.05, 3.63) is 85.1 Å². The minimum absolute atomic E-state index is 0.0507. The minimum Gasteiger partial charge on any atom is -0.387 e. The fourth-order valence-corrected chi connectivity index (χ4v) is 7.23. The summed E-state index contributed by atoms with van der Waals surface area (Å²) < 4.78 is 23.6. The first-order valence-corrected chi connectivity index (χ1v) is 26.0. The topological polar surface area (TPSA) is 105 Å². The Morgan fingerprint density at radius 1 is 0.574 bits per heavy atom. The molecule has 9 heteroatoms. The Hall–Kier alpha value is -2.32. The summed E-state index contributed by atoms with van der Waals surface area (Å²) in [5.74, 6) is -0.198. The van der Waals surface area contributed by atoms with Crippen LogP contribution in [0.15, 0.2) is 85.1 Å². The van der Waals surface area contributed by atoms with E-state index in [1.807, 2.05) is 27.2 Å². The molecule has 0 spiro atoms. The van der Waals surface area contributed by atoms with Gasteiger partial charge in [0.2, 0.25) is 5.91 Å².